The van der Waals surface area contributed by atoms with Gasteiger partial charge in [0.05, 0.1) is 12.3 Å². The molecule has 1 aliphatic rings. The molecule has 1 unspecified atom stereocenters. The predicted octanol–water partition coefficient (Wildman–Crippen LogP) is 8.17. The minimum absolute atomic E-state index is 0.0937. The Morgan fingerprint density at radius 2 is 1.51 bits per heavy atom. The molecule has 1 heterocycles. The normalized spacial score (nSPS) is 15.0. The van der Waals surface area contributed by atoms with Gasteiger partial charge in [0.1, 0.15) is 6.23 Å². The van der Waals surface area contributed by atoms with E-state index >= 15 is 0 Å². The van der Waals surface area contributed by atoms with Gasteiger partial charge in [-0.25, -0.2) is 0 Å². The number of nitrogens with one attached hydrogen (secondary N) is 3. The summed E-state index contributed by atoms with van der Waals surface area (Å²) in [6, 6.07) is 30.0. The summed E-state index contributed by atoms with van der Waals surface area (Å²) in [5, 5.41) is 9.88. The highest BCUT2D eigenvalue weighted by atomic mass is 19.4. The number of carbonyl (C=O) groups excluding carboxylic acids is 1. The lowest BCUT2D eigenvalue weighted by atomic mass is 9.98. The third-order valence-corrected chi connectivity index (χ3v) is 7.92. The molecule has 0 spiro atoms. The Labute approximate surface area is 262 Å². The molecule has 45 heavy (non-hydrogen) atoms. The zero-order valence-electron chi connectivity index (χ0n) is 25.3. The molecule has 1 saturated heterocycles. The number of halogens is 3. The number of anilines is 2. The zero-order chi connectivity index (χ0) is 31.6. The first-order valence-electron chi connectivity index (χ1n) is 15.4. The third-order valence-electron chi connectivity index (χ3n) is 7.92. The van der Waals surface area contributed by atoms with E-state index in [9.17, 15) is 18.0 Å². The molecule has 0 saturated carbocycles. The number of piperidine rings is 1. The molecule has 9 heteroatoms. The zero-order valence-corrected chi connectivity index (χ0v) is 25.3. The summed E-state index contributed by atoms with van der Waals surface area (Å²) >= 11 is 0. The second kappa shape index (κ2) is 15.2. The Balaban J connectivity index is 1.16. The van der Waals surface area contributed by atoms with Gasteiger partial charge < -0.3 is 15.4 Å². The maximum atomic E-state index is 13.2. The van der Waals surface area contributed by atoms with Crippen molar-refractivity contribution in [3.63, 3.8) is 0 Å². The van der Waals surface area contributed by atoms with Crippen molar-refractivity contribution in [1.82, 2.24) is 10.2 Å². The lowest BCUT2D eigenvalue weighted by Gasteiger charge is -2.38. The van der Waals surface area contributed by atoms with Crippen LogP contribution in [0.5, 0.6) is 0 Å². The fraction of sp³-hybridized carbons (Fsp3) is 0.306. The van der Waals surface area contributed by atoms with Crippen LogP contribution in [0, 0.1) is 0 Å². The first-order valence-corrected chi connectivity index (χ1v) is 15.4. The number of likely N-dealkylation sites (tertiary alicyclic amines) is 1. The maximum Gasteiger partial charge on any atom is 0.416 e. The molecule has 4 aromatic rings. The summed E-state index contributed by atoms with van der Waals surface area (Å²) in [5.74, 6) is -0.335. The van der Waals surface area contributed by atoms with Gasteiger partial charge >= 0.3 is 6.18 Å². The molecule has 0 aliphatic carbocycles. The molecule has 1 amide bonds. The van der Waals surface area contributed by atoms with Gasteiger partial charge in [0.25, 0.3) is 5.91 Å². The quantitative estimate of drug-likeness (QED) is 0.111. The lowest BCUT2D eigenvalue weighted by molar-refractivity contribution is -0.137. The maximum absolute atomic E-state index is 13.2. The minimum atomic E-state index is -4.42. The molecule has 236 valence electrons. The Morgan fingerprint density at radius 1 is 0.867 bits per heavy atom. The van der Waals surface area contributed by atoms with E-state index in [1.54, 1.807) is 24.3 Å². The van der Waals surface area contributed by atoms with Gasteiger partial charge in [-0.15, -0.1) is 0 Å². The van der Waals surface area contributed by atoms with Crippen LogP contribution < -0.4 is 16.0 Å². The van der Waals surface area contributed by atoms with Crippen LogP contribution in [0.15, 0.2) is 103 Å². The minimum Gasteiger partial charge on any atom is -0.382 e. The molecule has 4 aromatic carbocycles. The number of alkyl halides is 3. The number of carbonyl (C=O) groups is 1. The number of hydrogen-bond donors (Lipinski definition) is 3. The predicted molar refractivity (Wildman–Crippen MR) is 173 cm³/mol. The van der Waals surface area contributed by atoms with Crippen LogP contribution in [0.2, 0.25) is 0 Å². The number of rotatable bonds is 12. The van der Waals surface area contributed by atoms with E-state index in [-0.39, 0.29) is 12.1 Å². The Morgan fingerprint density at radius 3 is 2.18 bits per heavy atom. The largest absolute Gasteiger partial charge is 0.416 e. The van der Waals surface area contributed by atoms with E-state index in [0.717, 1.165) is 62.3 Å². The standard InChI is InChI=1S/C36H39F3N4O2/c1-2-22-40-25-45-35(27-8-4-3-5-9-27)43-23-20-31(21-24-43)41-29-16-18-30(19-17-29)42-34(44)33-11-7-6-10-32(33)26-12-14-28(15-13-26)36(37,38)39/h3-19,31,35,40-41H,2,20-25H2,1H3,(H,42,44). The Bertz CT molecular complexity index is 1500. The van der Waals surface area contributed by atoms with Gasteiger partial charge in [-0.2, -0.15) is 13.2 Å². The molecule has 6 nitrogen and oxygen atoms in total. The number of benzene rings is 4. The molecule has 0 radical (unpaired) electrons. The second-order valence-electron chi connectivity index (χ2n) is 11.2. The van der Waals surface area contributed by atoms with Crippen molar-refractivity contribution in [1.29, 1.82) is 0 Å². The van der Waals surface area contributed by atoms with Crippen molar-refractivity contribution in [3.8, 4) is 11.1 Å². The highest BCUT2D eigenvalue weighted by Crippen LogP contribution is 2.32. The molecule has 1 atom stereocenters. The van der Waals surface area contributed by atoms with Gasteiger partial charge in [-0.05, 0) is 85.0 Å². The Hall–Kier alpha value is -4.18. The van der Waals surface area contributed by atoms with Crippen LogP contribution in [0.25, 0.3) is 11.1 Å². The number of amides is 1. The summed E-state index contributed by atoms with van der Waals surface area (Å²) in [7, 11) is 0. The van der Waals surface area contributed by atoms with Crippen LogP contribution in [0.3, 0.4) is 0 Å². The van der Waals surface area contributed by atoms with Gasteiger partial charge in [-0.1, -0.05) is 67.6 Å². The summed E-state index contributed by atoms with van der Waals surface area (Å²) in [4.78, 5) is 15.6. The van der Waals surface area contributed by atoms with E-state index in [4.69, 9.17) is 4.74 Å². The van der Waals surface area contributed by atoms with E-state index in [2.05, 4.69) is 39.9 Å². The van der Waals surface area contributed by atoms with Crippen LogP contribution in [-0.4, -0.2) is 43.2 Å². The van der Waals surface area contributed by atoms with Crippen molar-refractivity contribution in [2.45, 2.75) is 44.6 Å². The fourth-order valence-corrected chi connectivity index (χ4v) is 5.55. The molecule has 5 rings (SSSR count). The van der Waals surface area contributed by atoms with Crippen molar-refractivity contribution in [3.05, 3.63) is 120 Å². The van der Waals surface area contributed by atoms with Gasteiger partial charge in [0.2, 0.25) is 0 Å². The van der Waals surface area contributed by atoms with Gasteiger partial charge in [0.15, 0.2) is 0 Å². The van der Waals surface area contributed by atoms with Crippen LogP contribution in [0.4, 0.5) is 24.5 Å². The number of ether oxygens (including phenoxy) is 1. The molecular weight excluding hydrogens is 577 g/mol. The SMILES string of the molecule is CCCNCOC(c1ccccc1)N1CCC(Nc2ccc(NC(=O)c3ccccc3-c3ccc(C(F)(F)F)cc3)cc2)CC1. The lowest BCUT2D eigenvalue weighted by Crippen LogP contribution is -2.42. The molecule has 0 bridgehead atoms. The molecule has 0 aromatic heterocycles. The van der Waals surface area contributed by atoms with Crippen molar-refractivity contribution in [2.75, 3.05) is 37.0 Å². The van der Waals surface area contributed by atoms with E-state index in [0.29, 0.717) is 35.2 Å². The first-order chi connectivity index (χ1) is 21.8. The number of hydrogen-bond acceptors (Lipinski definition) is 5. The average Bonchev–Trinajstić information content (AvgIpc) is 3.06. The van der Waals surface area contributed by atoms with Crippen molar-refractivity contribution in [2.24, 2.45) is 0 Å². The highest BCUT2D eigenvalue weighted by molar-refractivity contribution is 6.08. The number of nitrogens with zero attached hydrogens (tertiary/aromatic N) is 1. The molecule has 1 fully saturated rings. The van der Waals surface area contributed by atoms with Crippen LogP contribution in [0.1, 0.15) is 53.9 Å². The fourth-order valence-electron chi connectivity index (χ4n) is 5.55. The summed E-state index contributed by atoms with van der Waals surface area (Å²) < 4.78 is 45.3. The van der Waals surface area contributed by atoms with Gasteiger partial charge in [-0.3, -0.25) is 15.0 Å². The summed E-state index contributed by atoms with van der Waals surface area (Å²) in [6.45, 7) is 5.37. The second-order valence-corrected chi connectivity index (χ2v) is 11.2. The smallest absolute Gasteiger partial charge is 0.382 e. The first kappa shape index (κ1) is 32.2. The van der Waals surface area contributed by atoms with Crippen molar-refractivity contribution < 1.29 is 22.7 Å². The Kier molecular flexibility index (Phi) is 10.9. The van der Waals surface area contributed by atoms with Gasteiger partial charge in [0, 0.05) is 36.1 Å². The summed E-state index contributed by atoms with van der Waals surface area (Å²) in [5.41, 5.74) is 3.50. The summed E-state index contributed by atoms with van der Waals surface area (Å²) in [6.07, 6.45) is -1.52. The molecule has 1 aliphatic heterocycles. The van der Waals surface area contributed by atoms with Crippen molar-refractivity contribution >= 4 is 17.3 Å². The third kappa shape index (κ3) is 8.72. The van der Waals surface area contributed by atoms with E-state index in [1.165, 1.54) is 12.1 Å². The average molecular weight is 617 g/mol. The van der Waals surface area contributed by atoms with Crippen LogP contribution >= 0.6 is 0 Å². The monoisotopic (exact) mass is 616 g/mol. The van der Waals surface area contributed by atoms with E-state index < -0.39 is 11.7 Å². The van der Waals surface area contributed by atoms with Crippen LogP contribution in [-0.2, 0) is 10.9 Å². The topological polar surface area (TPSA) is 65.6 Å². The highest BCUT2D eigenvalue weighted by Gasteiger charge is 2.30. The van der Waals surface area contributed by atoms with E-state index in [1.807, 2.05) is 42.5 Å². The molecular formula is C36H39F3N4O2. The molecule has 3 N–H and O–H groups in total.